The molecule has 0 bridgehead atoms. The van der Waals surface area contributed by atoms with Crippen molar-refractivity contribution in [1.82, 2.24) is 0 Å². The minimum Gasteiger partial charge on any atom is -0.508 e. The summed E-state index contributed by atoms with van der Waals surface area (Å²) >= 11 is 0. The average Bonchev–Trinajstić information content (AvgIpc) is 2.98. The van der Waals surface area contributed by atoms with Gasteiger partial charge in [-0.15, -0.1) is 0 Å². The summed E-state index contributed by atoms with van der Waals surface area (Å²) in [7, 11) is 0. The van der Waals surface area contributed by atoms with Gasteiger partial charge in [-0.2, -0.15) is 0 Å². The third kappa shape index (κ3) is 5.55. The molecule has 2 saturated heterocycles. The van der Waals surface area contributed by atoms with E-state index in [-0.39, 0.29) is 22.7 Å². The summed E-state index contributed by atoms with van der Waals surface area (Å²) in [6.45, 7) is 0.818. The third-order valence-electron chi connectivity index (χ3n) is 7.33. The van der Waals surface area contributed by atoms with Crippen LogP contribution < -0.4 is 10.2 Å². The van der Waals surface area contributed by atoms with Gasteiger partial charge in [0.05, 0.1) is 12.7 Å². The number of aliphatic hydroxyl groups is 6. The van der Waals surface area contributed by atoms with Gasteiger partial charge >= 0.3 is 0 Å². The van der Waals surface area contributed by atoms with Crippen molar-refractivity contribution in [2.24, 2.45) is 0 Å². The highest BCUT2D eigenvalue weighted by Crippen LogP contribution is 2.43. The number of aromatic hydroxyl groups is 4. The molecule has 0 amide bonds. The fourth-order valence-corrected chi connectivity index (χ4v) is 4.81. The Morgan fingerprint density at radius 3 is 2.07 bits per heavy atom. The lowest BCUT2D eigenvalue weighted by Gasteiger charge is -2.42. The Morgan fingerprint density at radius 1 is 0.767 bits per heavy atom. The molecule has 0 aliphatic carbocycles. The Labute approximate surface area is 241 Å². The number of phenols is 4. The molecule has 0 saturated carbocycles. The van der Waals surface area contributed by atoms with Crippen molar-refractivity contribution in [2.75, 3.05) is 6.61 Å². The molecular formula is C27H30O16. The van der Waals surface area contributed by atoms with Gasteiger partial charge in [0.15, 0.2) is 23.5 Å². The number of ether oxygens (including phenoxy) is 4. The van der Waals surface area contributed by atoms with Crippen LogP contribution in [0.3, 0.4) is 0 Å². The van der Waals surface area contributed by atoms with Gasteiger partial charge in [-0.05, 0) is 31.2 Å². The summed E-state index contributed by atoms with van der Waals surface area (Å²) in [5.41, 5.74) is -1.32. The van der Waals surface area contributed by atoms with Crippen LogP contribution in [0.5, 0.6) is 28.7 Å². The van der Waals surface area contributed by atoms with Crippen molar-refractivity contribution in [1.29, 1.82) is 0 Å². The van der Waals surface area contributed by atoms with Gasteiger partial charge in [-0.25, -0.2) is 0 Å². The Morgan fingerprint density at radius 2 is 1.40 bits per heavy atom. The predicted octanol–water partition coefficient (Wildman–Crippen LogP) is -1.69. The van der Waals surface area contributed by atoms with Gasteiger partial charge < -0.3 is 74.4 Å². The van der Waals surface area contributed by atoms with Crippen molar-refractivity contribution in [2.45, 2.75) is 68.3 Å². The second-order valence-corrected chi connectivity index (χ2v) is 10.2. The number of fused-ring (bicyclic) bond motifs is 1. The van der Waals surface area contributed by atoms with Crippen LogP contribution in [0.4, 0.5) is 0 Å². The molecule has 43 heavy (non-hydrogen) atoms. The van der Waals surface area contributed by atoms with Crippen LogP contribution in [-0.2, 0) is 14.2 Å². The molecule has 2 aromatic carbocycles. The van der Waals surface area contributed by atoms with Gasteiger partial charge in [0, 0.05) is 11.6 Å². The maximum Gasteiger partial charge on any atom is 0.239 e. The van der Waals surface area contributed by atoms with Gasteiger partial charge in [0.25, 0.3) is 0 Å². The first-order chi connectivity index (χ1) is 20.3. The first kappa shape index (κ1) is 30.7. The molecule has 0 spiro atoms. The number of hydrogen-bond donors (Lipinski definition) is 10. The van der Waals surface area contributed by atoms with Gasteiger partial charge in [-0.1, -0.05) is 0 Å². The standard InChI is InChI=1S/C27H30O16/c1-8-15(30)20(35)22(37)26(40-8)39-7-13-17(32)21(36)23(38)27(42-13)43-25-19(34)14-12(6-11(29)16(31)18(14)33)41-24(25)9-2-4-10(28)5-3-9/h2-6,8,13,15,17,20-23,26-33,35-38H,7H2,1H3/t8-,13+,15-,17+,20+,21-,22+,23+,26+,27-/m0/s1. The Kier molecular flexibility index (Phi) is 8.41. The van der Waals surface area contributed by atoms with Crippen LogP contribution in [0.15, 0.2) is 39.5 Å². The van der Waals surface area contributed by atoms with E-state index in [1.165, 1.54) is 31.2 Å². The summed E-state index contributed by atoms with van der Waals surface area (Å²) in [6.07, 6.45) is -16.2. The lowest BCUT2D eigenvalue weighted by molar-refractivity contribution is -0.318. The molecule has 0 radical (unpaired) electrons. The first-order valence-electron chi connectivity index (χ1n) is 13.0. The predicted molar refractivity (Wildman–Crippen MR) is 140 cm³/mol. The highest BCUT2D eigenvalue weighted by Gasteiger charge is 2.48. The zero-order valence-electron chi connectivity index (χ0n) is 22.3. The smallest absolute Gasteiger partial charge is 0.239 e. The molecule has 10 atom stereocenters. The van der Waals surface area contributed by atoms with Gasteiger partial charge in [0.2, 0.25) is 23.2 Å². The molecule has 5 rings (SSSR count). The number of aliphatic hydroxyl groups excluding tert-OH is 6. The molecule has 10 N–H and O–H groups in total. The largest absolute Gasteiger partial charge is 0.508 e. The van der Waals surface area contributed by atoms with Crippen LogP contribution >= 0.6 is 0 Å². The van der Waals surface area contributed by atoms with E-state index in [0.717, 1.165) is 6.07 Å². The molecule has 2 aliphatic rings. The Hall–Kier alpha value is -3.71. The zero-order valence-corrected chi connectivity index (χ0v) is 22.3. The lowest BCUT2D eigenvalue weighted by atomic mass is 9.98. The Bertz CT molecular complexity index is 1520. The van der Waals surface area contributed by atoms with Crippen LogP contribution in [0.2, 0.25) is 0 Å². The van der Waals surface area contributed by atoms with Crippen molar-refractivity contribution in [3.05, 3.63) is 40.6 Å². The summed E-state index contributed by atoms with van der Waals surface area (Å²) in [6, 6.07) is 6.06. The fraction of sp³-hybridized carbons (Fsp3) is 0.444. The molecule has 2 aliphatic heterocycles. The van der Waals surface area contributed by atoms with E-state index in [0.29, 0.717) is 0 Å². The monoisotopic (exact) mass is 610 g/mol. The molecule has 1 aromatic heterocycles. The molecule has 234 valence electrons. The minimum absolute atomic E-state index is 0.135. The molecule has 0 unspecified atom stereocenters. The van der Waals surface area contributed by atoms with Crippen molar-refractivity contribution in [3.8, 4) is 40.1 Å². The molecule has 3 heterocycles. The fourth-order valence-electron chi connectivity index (χ4n) is 4.81. The quantitative estimate of drug-likeness (QED) is 0.140. The first-order valence-corrected chi connectivity index (χ1v) is 13.0. The summed E-state index contributed by atoms with van der Waals surface area (Å²) < 4.78 is 27.8. The maximum atomic E-state index is 13.6. The molecule has 16 heteroatoms. The average molecular weight is 611 g/mol. The number of rotatable bonds is 6. The third-order valence-corrected chi connectivity index (χ3v) is 7.33. The minimum atomic E-state index is -1.97. The van der Waals surface area contributed by atoms with Gasteiger partial charge in [-0.3, -0.25) is 4.79 Å². The van der Waals surface area contributed by atoms with E-state index in [1.54, 1.807) is 0 Å². The molecule has 16 nitrogen and oxygen atoms in total. The van der Waals surface area contributed by atoms with E-state index in [1.807, 2.05) is 0 Å². The van der Waals surface area contributed by atoms with Crippen LogP contribution in [-0.4, -0.2) is 119 Å². The molecular weight excluding hydrogens is 580 g/mol. The normalized spacial score (nSPS) is 33.0. The van der Waals surface area contributed by atoms with Crippen LogP contribution in [0.25, 0.3) is 22.3 Å². The van der Waals surface area contributed by atoms with Crippen molar-refractivity contribution >= 4 is 11.0 Å². The van der Waals surface area contributed by atoms with Crippen molar-refractivity contribution in [3.63, 3.8) is 0 Å². The highest BCUT2D eigenvalue weighted by atomic mass is 16.7. The molecule has 2 fully saturated rings. The zero-order chi connectivity index (χ0) is 31.3. The van der Waals surface area contributed by atoms with E-state index in [4.69, 9.17) is 23.4 Å². The van der Waals surface area contributed by atoms with E-state index >= 15 is 0 Å². The summed E-state index contributed by atoms with van der Waals surface area (Å²) in [5, 5.41) is 101. The van der Waals surface area contributed by atoms with Crippen molar-refractivity contribution < 1.29 is 74.4 Å². The maximum absolute atomic E-state index is 13.6. The number of phenolic OH excluding ortho intramolecular Hbond substituents is 4. The second kappa shape index (κ2) is 11.8. The lowest BCUT2D eigenvalue weighted by Crippen LogP contribution is -2.61. The summed E-state index contributed by atoms with van der Waals surface area (Å²) in [5.74, 6) is -4.01. The second-order valence-electron chi connectivity index (χ2n) is 10.2. The topological polar surface area (TPSA) is 269 Å². The Balaban J connectivity index is 1.48. The summed E-state index contributed by atoms with van der Waals surface area (Å²) in [4.78, 5) is 13.6. The van der Waals surface area contributed by atoms with E-state index in [2.05, 4.69) is 0 Å². The number of benzene rings is 2. The van der Waals surface area contributed by atoms with E-state index in [9.17, 15) is 55.9 Å². The number of hydrogen-bond acceptors (Lipinski definition) is 16. The van der Waals surface area contributed by atoms with E-state index < -0.39 is 102 Å². The van der Waals surface area contributed by atoms with Gasteiger partial charge in [0.1, 0.15) is 59.4 Å². The molecule has 3 aromatic rings. The van der Waals surface area contributed by atoms with Crippen LogP contribution in [0, 0.1) is 0 Å². The highest BCUT2D eigenvalue weighted by molar-refractivity contribution is 5.91. The van der Waals surface area contributed by atoms with Crippen LogP contribution in [0.1, 0.15) is 6.92 Å². The SMILES string of the molecule is C[C@@H]1O[C@@H](OC[C@H]2O[C@@H](Oc3c(-c4ccc(O)cc4)oc4cc(O)c(O)c(O)c4c3=O)[C@H](O)[C@@H](O)[C@@H]2O)[C@H](O)[C@H](O)[C@H]1O.